The van der Waals surface area contributed by atoms with E-state index in [1.807, 2.05) is 18.2 Å². The Morgan fingerprint density at radius 2 is 1.57 bits per heavy atom. The molecule has 0 heterocycles. The SMILES string of the molecule is CCCCc1ccc(-c2cccc(Cl)c2)cc1.OB(O)O. The summed E-state index contributed by atoms with van der Waals surface area (Å²) in [5.74, 6) is 0. The van der Waals surface area contributed by atoms with Crippen LogP contribution in [0.25, 0.3) is 11.1 Å². The Balaban J connectivity index is 0.000000491. The zero-order valence-electron chi connectivity index (χ0n) is 12.0. The predicted molar refractivity (Wildman–Crippen MR) is 87.9 cm³/mol. The van der Waals surface area contributed by atoms with Crippen molar-refractivity contribution in [3.05, 3.63) is 59.1 Å². The second-order valence-electron chi connectivity index (χ2n) is 4.66. The highest BCUT2D eigenvalue weighted by Crippen LogP contribution is 2.23. The lowest BCUT2D eigenvalue weighted by Gasteiger charge is -2.04. The van der Waals surface area contributed by atoms with Crippen molar-refractivity contribution in [2.75, 3.05) is 0 Å². The first-order valence-corrected chi connectivity index (χ1v) is 7.29. The molecule has 0 atom stereocenters. The van der Waals surface area contributed by atoms with Crippen LogP contribution in [0.15, 0.2) is 48.5 Å². The Hall–Kier alpha value is -1.33. The fourth-order valence-electron chi connectivity index (χ4n) is 1.91. The molecule has 0 unspecified atom stereocenters. The lowest BCUT2D eigenvalue weighted by molar-refractivity contribution is 0.278. The van der Waals surface area contributed by atoms with Gasteiger partial charge in [-0.1, -0.05) is 61.3 Å². The van der Waals surface area contributed by atoms with E-state index in [1.54, 1.807) is 0 Å². The second kappa shape index (κ2) is 9.58. The van der Waals surface area contributed by atoms with Crippen molar-refractivity contribution in [3.8, 4) is 11.1 Å². The molecule has 5 heteroatoms. The normalized spacial score (nSPS) is 9.76. The summed E-state index contributed by atoms with van der Waals surface area (Å²) >= 11 is 5.99. The van der Waals surface area contributed by atoms with Gasteiger partial charge in [-0.2, -0.15) is 0 Å². The van der Waals surface area contributed by atoms with E-state index >= 15 is 0 Å². The average Bonchev–Trinajstić information content (AvgIpc) is 2.45. The summed E-state index contributed by atoms with van der Waals surface area (Å²) in [6, 6.07) is 16.8. The third-order valence-corrected chi connectivity index (χ3v) is 3.17. The fraction of sp³-hybridized carbons (Fsp3) is 0.250. The van der Waals surface area contributed by atoms with Gasteiger partial charge in [0.05, 0.1) is 0 Å². The molecule has 112 valence electrons. The zero-order chi connectivity index (χ0) is 15.7. The van der Waals surface area contributed by atoms with Crippen molar-refractivity contribution in [2.24, 2.45) is 0 Å². The maximum Gasteiger partial charge on any atom is 0.631 e. The lowest BCUT2D eigenvalue weighted by Crippen LogP contribution is -2.07. The van der Waals surface area contributed by atoms with Gasteiger partial charge in [0.15, 0.2) is 0 Å². The molecule has 0 radical (unpaired) electrons. The van der Waals surface area contributed by atoms with E-state index in [9.17, 15) is 0 Å². The fourth-order valence-corrected chi connectivity index (χ4v) is 2.10. The molecule has 3 N–H and O–H groups in total. The van der Waals surface area contributed by atoms with Crippen LogP contribution in [-0.4, -0.2) is 22.4 Å². The largest absolute Gasteiger partial charge is 0.631 e. The van der Waals surface area contributed by atoms with Gasteiger partial charge in [-0.25, -0.2) is 0 Å². The molecule has 0 saturated heterocycles. The Morgan fingerprint density at radius 1 is 0.952 bits per heavy atom. The molecule has 0 fully saturated rings. The third-order valence-electron chi connectivity index (χ3n) is 2.93. The number of hydrogen-bond acceptors (Lipinski definition) is 3. The highest BCUT2D eigenvalue weighted by atomic mass is 35.5. The highest BCUT2D eigenvalue weighted by Gasteiger charge is 1.99. The minimum atomic E-state index is -2.17. The van der Waals surface area contributed by atoms with Crippen molar-refractivity contribution in [2.45, 2.75) is 26.2 Å². The quantitative estimate of drug-likeness (QED) is 0.760. The smallest absolute Gasteiger partial charge is 0.402 e. The summed E-state index contributed by atoms with van der Waals surface area (Å²) in [6.07, 6.45) is 3.68. The maximum absolute atomic E-state index is 7.17. The Morgan fingerprint density at radius 3 is 2.10 bits per heavy atom. The Kier molecular flexibility index (Phi) is 8.09. The lowest BCUT2D eigenvalue weighted by atomic mass is 10.0. The molecular weight excluding hydrogens is 286 g/mol. The summed E-state index contributed by atoms with van der Waals surface area (Å²) in [6.45, 7) is 2.22. The molecule has 2 aromatic rings. The minimum Gasteiger partial charge on any atom is -0.402 e. The summed E-state index contributed by atoms with van der Waals surface area (Å²) in [5.41, 5.74) is 3.82. The Labute approximate surface area is 131 Å². The predicted octanol–water partition coefficient (Wildman–Crippen LogP) is 3.30. The molecular formula is C16H20BClO3. The van der Waals surface area contributed by atoms with E-state index in [0.29, 0.717) is 0 Å². The monoisotopic (exact) mass is 306 g/mol. The van der Waals surface area contributed by atoms with Crippen LogP contribution in [0, 0.1) is 0 Å². The van der Waals surface area contributed by atoms with Crippen molar-refractivity contribution in [1.82, 2.24) is 0 Å². The molecule has 2 aromatic carbocycles. The van der Waals surface area contributed by atoms with Gasteiger partial charge in [-0.15, -0.1) is 0 Å². The number of benzene rings is 2. The van der Waals surface area contributed by atoms with Gasteiger partial charge < -0.3 is 15.1 Å². The van der Waals surface area contributed by atoms with E-state index in [1.165, 1.54) is 36.0 Å². The summed E-state index contributed by atoms with van der Waals surface area (Å²) in [4.78, 5) is 0. The first kappa shape index (κ1) is 17.7. The maximum atomic E-state index is 7.17. The van der Waals surface area contributed by atoms with Crippen molar-refractivity contribution < 1.29 is 15.1 Å². The van der Waals surface area contributed by atoms with Crippen molar-refractivity contribution in [3.63, 3.8) is 0 Å². The molecule has 0 amide bonds. The third kappa shape index (κ3) is 7.30. The van der Waals surface area contributed by atoms with E-state index < -0.39 is 7.32 Å². The molecule has 0 aliphatic carbocycles. The van der Waals surface area contributed by atoms with E-state index in [4.69, 9.17) is 26.7 Å². The zero-order valence-corrected chi connectivity index (χ0v) is 12.8. The summed E-state index contributed by atoms with van der Waals surface area (Å²) < 4.78 is 0. The van der Waals surface area contributed by atoms with E-state index in [-0.39, 0.29) is 0 Å². The first-order chi connectivity index (χ1) is 10.0. The van der Waals surface area contributed by atoms with Gasteiger partial charge in [0.2, 0.25) is 0 Å². The molecule has 2 rings (SSSR count). The molecule has 21 heavy (non-hydrogen) atoms. The number of hydrogen-bond donors (Lipinski definition) is 3. The second-order valence-corrected chi connectivity index (χ2v) is 5.09. The van der Waals surface area contributed by atoms with Gasteiger partial charge in [-0.3, -0.25) is 0 Å². The topological polar surface area (TPSA) is 60.7 Å². The van der Waals surface area contributed by atoms with Crippen LogP contribution >= 0.6 is 11.6 Å². The summed E-state index contributed by atoms with van der Waals surface area (Å²) in [7, 11) is -2.17. The molecule has 0 saturated carbocycles. The number of halogens is 1. The Bertz CT molecular complexity index is 527. The van der Waals surface area contributed by atoms with Crippen LogP contribution in [0.5, 0.6) is 0 Å². The van der Waals surface area contributed by atoms with Gasteiger partial charge in [-0.05, 0) is 41.7 Å². The number of aryl methyl sites for hydroxylation is 1. The standard InChI is InChI=1S/C16H17Cl.BH3O3/c1-2-3-5-13-8-10-14(11-9-13)15-6-4-7-16(17)12-15;2-1(3)4/h4,6-12H,2-3,5H2,1H3;2-4H. The molecule has 0 aliphatic heterocycles. The highest BCUT2D eigenvalue weighted by molar-refractivity contribution is 6.31. The van der Waals surface area contributed by atoms with Crippen LogP contribution in [0.1, 0.15) is 25.3 Å². The molecule has 0 aromatic heterocycles. The van der Waals surface area contributed by atoms with Crippen LogP contribution in [0.2, 0.25) is 5.02 Å². The van der Waals surface area contributed by atoms with Crippen molar-refractivity contribution >= 4 is 18.9 Å². The van der Waals surface area contributed by atoms with Gasteiger partial charge in [0.25, 0.3) is 0 Å². The van der Waals surface area contributed by atoms with Crippen LogP contribution < -0.4 is 0 Å². The van der Waals surface area contributed by atoms with Gasteiger partial charge in [0.1, 0.15) is 0 Å². The van der Waals surface area contributed by atoms with Crippen LogP contribution in [0.3, 0.4) is 0 Å². The summed E-state index contributed by atoms with van der Waals surface area (Å²) in [5, 5.41) is 22.3. The van der Waals surface area contributed by atoms with Gasteiger partial charge >= 0.3 is 7.32 Å². The van der Waals surface area contributed by atoms with Crippen LogP contribution in [0.4, 0.5) is 0 Å². The first-order valence-electron chi connectivity index (χ1n) is 6.92. The molecule has 3 nitrogen and oxygen atoms in total. The van der Waals surface area contributed by atoms with E-state index in [0.717, 1.165) is 5.02 Å². The van der Waals surface area contributed by atoms with Gasteiger partial charge in [0, 0.05) is 5.02 Å². The minimum absolute atomic E-state index is 0.789. The molecule has 0 bridgehead atoms. The van der Waals surface area contributed by atoms with E-state index in [2.05, 4.69) is 37.3 Å². The average molecular weight is 307 g/mol. The molecule has 0 spiro atoms. The number of unbranched alkanes of at least 4 members (excludes halogenated alkanes) is 1. The van der Waals surface area contributed by atoms with Crippen molar-refractivity contribution in [1.29, 1.82) is 0 Å². The molecule has 0 aliphatic rings. The number of rotatable bonds is 4. The van der Waals surface area contributed by atoms with Crippen LogP contribution in [-0.2, 0) is 6.42 Å².